The molecule has 12 heteroatoms. The normalized spacial score (nSPS) is 14.8. The molecule has 0 aliphatic heterocycles. The molecule has 0 heterocycles. The van der Waals surface area contributed by atoms with E-state index in [9.17, 15) is 28.8 Å². The number of aliphatic carboxylic acids is 2. The van der Waals surface area contributed by atoms with Gasteiger partial charge in [0.05, 0.1) is 10.9 Å². The molecule has 0 aromatic heterocycles. The Morgan fingerprint density at radius 3 is 2.22 bits per heavy atom. The van der Waals surface area contributed by atoms with Crippen LogP contribution >= 0.6 is 11.8 Å². The van der Waals surface area contributed by atoms with E-state index in [1.807, 2.05) is 0 Å². The van der Waals surface area contributed by atoms with Gasteiger partial charge in [-0.05, 0) is 6.42 Å². The van der Waals surface area contributed by atoms with Crippen LogP contribution in [-0.2, 0) is 19.2 Å². The van der Waals surface area contributed by atoms with E-state index in [2.05, 4.69) is 0 Å². The summed E-state index contributed by atoms with van der Waals surface area (Å²) in [5.74, 6) is -5.75. The number of hydrogen-bond donors (Lipinski definition) is 4. The van der Waals surface area contributed by atoms with Crippen molar-refractivity contribution in [3.8, 4) is 0 Å². The highest BCUT2D eigenvalue weighted by atomic mass is 32.2. The third-order valence-corrected chi connectivity index (χ3v) is 5.65. The number of carbonyl (C=O) groups is 6. The van der Waals surface area contributed by atoms with Crippen molar-refractivity contribution in [1.82, 2.24) is 4.90 Å². The predicted molar refractivity (Wildman–Crippen MR) is 113 cm³/mol. The average Bonchev–Trinajstić information content (AvgIpc) is 2.76. The highest BCUT2D eigenvalue weighted by Crippen LogP contribution is 2.28. The summed E-state index contributed by atoms with van der Waals surface area (Å²) in [6.07, 6.45) is 0.367. The lowest BCUT2D eigenvalue weighted by Gasteiger charge is -2.23. The molecule has 0 bridgehead atoms. The van der Waals surface area contributed by atoms with Gasteiger partial charge in [0.2, 0.25) is 11.8 Å². The number of hydrogen-bond acceptors (Lipinski definition) is 9. The van der Waals surface area contributed by atoms with E-state index < -0.39 is 54.6 Å². The van der Waals surface area contributed by atoms with E-state index in [-0.39, 0.29) is 34.0 Å². The number of fused-ring (bicyclic) bond motifs is 1. The molecule has 170 valence electrons. The number of ketones is 2. The fourth-order valence-electron chi connectivity index (χ4n) is 2.81. The van der Waals surface area contributed by atoms with Crippen LogP contribution in [0.25, 0.3) is 0 Å². The summed E-state index contributed by atoms with van der Waals surface area (Å²) in [6, 6.07) is 3.55. The van der Waals surface area contributed by atoms with Crippen LogP contribution in [0, 0.1) is 0 Å². The van der Waals surface area contributed by atoms with Gasteiger partial charge in [0.15, 0.2) is 11.6 Å². The third-order valence-electron chi connectivity index (χ3n) is 4.51. The van der Waals surface area contributed by atoms with Crippen LogP contribution in [0.2, 0.25) is 0 Å². The molecule has 1 aromatic carbocycles. The van der Waals surface area contributed by atoms with Crippen LogP contribution in [-0.4, -0.2) is 74.8 Å². The molecule has 1 aromatic rings. The Balaban J connectivity index is 2.05. The smallest absolute Gasteiger partial charge is 0.323 e. The van der Waals surface area contributed by atoms with Crippen LogP contribution in [0.15, 0.2) is 35.2 Å². The number of Topliss-reactive ketones (excluding diaryl/α,β-unsaturated/α-hetero) is 1. The fraction of sp³-hybridized carbons (Fsp3) is 0.300. The van der Waals surface area contributed by atoms with Crippen molar-refractivity contribution in [2.45, 2.75) is 24.9 Å². The van der Waals surface area contributed by atoms with Crippen molar-refractivity contribution in [1.29, 1.82) is 0 Å². The first-order chi connectivity index (χ1) is 15.0. The van der Waals surface area contributed by atoms with Gasteiger partial charge in [-0.1, -0.05) is 24.3 Å². The fourth-order valence-corrected chi connectivity index (χ4v) is 3.74. The Bertz CT molecular complexity index is 1010. The summed E-state index contributed by atoms with van der Waals surface area (Å²) in [7, 11) is 0. The standard InChI is InChI=1S/C20H21N3O8S/c21-12(20(30)31)5-6-16(25)23(8-17(26)27)19(29)13(22)9-32-15-7-14(24)10-3-1-2-4-11(10)18(15)28/h1-4,7,12-13H,5-6,8-9,21-22H2,(H,26,27)(H,30,31)/t12-,13-/m0/s1. The predicted octanol–water partition coefficient (Wildman–Crippen LogP) is -0.358. The van der Waals surface area contributed by atoms with Gasteiger partial charge in [0, 0.05) is 29.4 Å². The van der Waals surface area contributed by atoms with Gasteiger partial charge in [0.25, 0.3) is 0 Å². The highest BCUT2D eigenvalue weighted by Gasteiger charge is 2.31. The second-order valence-corrected chi connectivity index (χ2v) is 7.92. The number of amides is 2. The number of imide groups is 1. The maximum Gasteiger partial charge on any atom is 0.323 e. The molecule has 0 spiro atoms. The lowest BCUT2D eigenvalue weighted by molar-refractivity contribution is -0.153. The lowest BCUT2D eigenvalue weighted by Crippen LogP contribution is -2.50. The van der Waals surface area contributed by atoms with Crippen molar-refractivity contribution < 1.29 is 39.0 Å². The second kappa shape index (κ2) is 10.8. The largest absolute Gasteiger partial charge is 0.480 e. The Morgan fingerprint density at radius 2 is 1.62 bits per heavy atom. The average molecular weight is 463 g/mol. The van der Waals surface area contributed by atoms with Crippen LogP contribution < -0.4 is 11.5 Å². The Labute approximate surface area is 186 Å². The van der Waals surface area contributed by atoms with Crippen molar-refractivity contribution in [2.75, 3.05) is 12.3 Å². The van der Waals surface area contributed by atoms with Crippen LogP contribution in [0.3, 0.4) is 0 Å². The quantitative estimate of drug-likeness (QED) is 0.353. The molecule has 0 fully saturated rings. The Hall–Kier alpha value is -3.35. The van der Waals surface area contributed by atoms with Crippen LogP contribution in [0.5, 0.6) is 0 Å². The number of nitrogens with two attached hydrogens (primary N) is 2. The summed E-state index contributed by atoms with van der Waals surface area (Å²) in [6.45, 7) is -0.966. The van der Waals surface area contributed by atoms with Crippen molar-refractivity contribution in [3.63, 3.8) is 0 Å². The number of allylic oxidation sites excluding steroid dienone is 2. The SMILES string of the molecule is N[C@@H](CCC(=O)N(CC(=O)O)C(=O)[C@@H](N)CSC1=CC(=O)c2ccccc2C1=O)C(=O)O. The Kier molecular flexibility index (Phi) is 8.41. The molecular weight excluding hydrogens is 442 g/mol. The minimum atomic E-state index is -1.47. The summed E-state index contributed by atoms with van der Waals surface area (Å²) in [4.78, 5) is 72.0. The monoisotopic (exact) mass is 463 g/mol. The molecule has 1 aliphatic carbocycles. The number of benzene rings is 1. The molecule has 0 unspecified atom stereocenters. The summed E-state index contributed by atoms with van der Waals surface area (Å²) >= 11 is 0.841. The van der Waals surface area contributed by atoms with Gasteiger partial charge < -0.3 is 21.7 Å². The molecular formula is C20H21N3O8S. The zero-order valence-electron chi connectivity index (χ0n) is 16.7. The first-order valence-electron chi connectivity index (χ1n) is 9.35. The lowest BCUT2D eigenvalue weighted by atomic mass is 9.95. The van der Waals surface area contributed by atoms with E-state index in [0.717, 1.165) is 17.8 Å². The van der Waals surface area contributed by atoms with Gasteiger partial charge in [-0.3, -0.25) is 33.7 Å². The first kappa shape index (κ1) is 24.9. The maximum absolute atomic E-state index is 12.6. The van der Waals surface area contributed by atoms with Gasteiger partial charge in [-0.25, -0.2) is 0 Å². The molecule has 6 N–H and O–H groups in total. The second-order valence-electron chi connectivity index (χ2n) is 6.86. The third kappa shape index (κ3) is 6.09. The molecule has 11 nitrogen and oxygen atoms in total. The minimum Gasteiger partial charge on any atom is -0.480 e. The van der Waals surface area contributed by atoms with Crippen molar-refractivity contribution in [2.24, 2.45) is 11.5 Å². The topological polar surface area (TPSA) is 198 Å². The highest BCUT2D eigenvalue weighted by molar-refractivity contribution is 8.04. The summed E-state index contributed by atoms with van der Waals surface area (Å²) < 4.78 is 0. The number of thioether (sulfide) groups is 1. The zero-order chi connectivity index (χ0) is 24.0. The minimum absolute atomic E-state index is 0.0699. The summed E-state index contributed by atoms with van der Waals surface area (Å²) in [5.41, 5.74) is 11.6. The van der Waals surface area contributed by atoms with E-state index in [1.54, 1.807) is 12.1 Å². The zero-order valence-corrected chi connectivity index (χ0v) is 17.5. The number of carboxylic acids is 2. The maximum atomic E-state index is 12.6. The molecule has 0 saturated carbocycles. The van der Waals surface area contributed by atoms with Crippen molar-refractivity contribution in [3.05, 3.63) is 46.4 Å². The van der Waals surface area contributed by atoms with Gasteiger partial charge in [0.1, 0.15) is 12.6 Å². The van der Waals surface area contributed by atoms with Crippen LogP contribution in [0.1, 0.15) is 33.6 Å². The summed E-state index contributed by atoms with van der Waals surface area (Å²) in [5, 5.41) is 17.8. The first-order valence-corrected chi connectivity index (χ1v) is 10.3. The molecule has 2 rings (SSSR count). The number of nitrogens with zero attached hydrogens (tertiary/aromatic N) is 1. The number of carboxylic acid groups (broad SMARTS) is 2. The molecule has 2 atom stereocenters. The molecule has 1 aliphatic rings. The van der Waals surface area contributed by atoms with Gasteiger partial charge in [-0.15, -0.1) is 11.8 Å². The number of rotatable bonds is 10. The molecule has 0 saturated heterocycles. The van der Waals surface area contributed by atoms with Crippen molar-refractivity contribution >= 4 is 47.1 Å². The molecule has 0 radical (unpaired) electrons. The van der Waals surface area contributed by atoms with Crippen LogP contribution in [0.4, 0.5) is 0 Å². The number of carbonyl (C=O) groups excluding carboxylic acids is 4. The Morgan fingerprint density at radius 1 is 1.00 bits per heavy atom. The van der Waals surface area contributed by atoms with E-state index >= 15 is 0 Å². The van der Waals surface area contributed by atoms with E-state index in [0.29, 0.717) is 4.90 Å². The van der Waals surface area contributed by atoms with E-state index in [4.69, 9.17) is 21.7 Å². The molecule has 32 heavy (non-hydrogen) atoms. The molecule has 2 amide bonds. The van der Waals surface area contributed by atoms with Gasteiger partial charge in [-0.2, -0.15) is 0 Å². The van der Waals surface area contributed by atoms with E-state index in [1.165, 1.54) is 12.1 Å². The van der Waals surface area contributed by atoms with Gasteiger partial charge >= 0.3 is 11.9 Å².